The highest BCUT2D eigenvalue weighted by Gasteiger charge is 2.07. The molecule has 1 nitrogen and oxygen atoms in total. The maximum Gasteiger partial charge on any atom is 0.126 e. The molecule has 0 amide bonds. The van der Waals surface area contributed by atoms with Gasteiger partial charge in [-0.25, -0.2) is 8.78 Å². The zero-order valence-electron chi connectivity index (χ0n) is 11.5. The average molecular weight is 255 g/mol. The van der Waals surface area contributed by atoms with Crippen molar-refractivity contribution in [2.45, 2.75) is 33.6 Å². The third-order valence-electron chi connectivity index (χ3n) is 2.96. The Balaban J connectivity index is 2.33. The van der Waals surface area contributed by atoms with E-state index >= 15 is 0 Å². The summed E-state index contributed by atoms with van der Waals surface area (Å²) in [5.41, 5.74) is 0.478. The zero-order chi connectivity index (χ0) is 13.5. The number of rotatable bonds is 7. The number of hydrogen-bond acceptors (Lipinski definition) is 1. The first-order valence-electron chi connectivity index (χ1n) is 6.63. The van der Waals surface area contributed by atoms with Crippen molar-refractivity contribution in [1.82, 2.24) is 5.32 Å². The third kappa shape index (κ3) is 5.58. The maximum absolute atomic E-state index is 13.4. The second-order valence-corrected chi connectivity index (χ2v) is 5.43. The molecular weight excluding hydrogens is 232 g/mol. The molecular formula is C15H23F2N. The fourth-order valence-electron chi connectivity index (χ4n) is 1.86. The summed E-state index contributed by atoms with van der Waals surface area (Å²) in [4.78, 5) is 0. The first-order chi connectivity index (χ1) is 8.49. The highest BCUT2D eigenvalue weighted by Crippen LogP contribution is 2.14. The van der Waals surface area contributed by atoms with E-state index < -0.39 is 0 Å². The molecule has 0 spiro atoms. The van der Waals surface area contributed by atoms with Crippen LogP contribution in [0.2, 0.25) is 0 Å². The number of nitrogens with one attached hydrogen (secondary N) is 1. The van der Waals surface area contributed by atoms with Crippen molar-refractivity contribution >= 4 is 0 Å². The van der Waals surface area contributed by atoms with Crippen LogP contribution in [0, 0.1) is 23.5 Å². The van der Waals surface area contributed by atoms with E-state index in [4.69, 9.17) is 0 Å². The van der Waals surface area contributed by atoms with Crippen molar-refractivity contribution in [3.63, 3.8) is 0 Å². The van der Waals surface area contributed by atoms with Gasteiger partial charge in [0.05, 0.1) is 0 Å². The van der Waals surface area contributed by atoms with Crippen LogP contribution in [-0.2, 0) is 6.42 Å². The SMILES string of the molecule is CC(C)CNCC(C)CCc1cc(F)ccc1F. The van der Waals surface area contributed by atoms with Crippen LogP contribution in [0.5, 0.6) is 0 Å². The van der Waals surface area contributed by atoms with E-state index in [0.717, 1.165) is 25.6 Å². The van der Waals surface area contributed by atoms with E-state index in [9.17, 15) is 8.78 Å². The van der Waals surface area contributed by atoms with E-state index in [0.29, 0.717) is 23.8 Å². The van der Waals surface area contributed by atoms with Crippen molar-refractivity contribution in [3.8, 4) is 0 Å². The topological polar surface area (TPSA) is 12.0 Å². The summed E-state index contributed by atoms with van der Waals surface area (Å²) < 4.78 is 26.4. The van der Waals surface area contributed by atoms with Gasteiger partial charge in [0.25, 0.3) is 0 Å². The van der Waals surface area contributed by atoms with E-state index in [1.54, 1.807) is 0 Å². The minimum atomic E-state index is -0.364. The Morgan fingerprint density at radius 3 is 2.50 bits per heavy atom. The van der Waals surface area contributed by atoms with Crippen LogP contribution in [0.4, 0.5) is 8.78 Å². The fraction of sp³-hybridized carbons (Fsp3) is 0.600. The van der Waals surface area contributed by atoms with E-state index in [1.807, 2.05) is 0 Å². The molecule has 0 heterocycles. The Morgan fingerprint density at radius 2 is 1.83 bits per heavy atom. The van der Waals surface area contributed by atoms with Gasteiger partial charge in [-0.05, 0) is 61.5 Å². The van der Waals surface area contributed by atoms with Crippen LogP contribution in [0.3, 0.4) is 0 Å². The molecule has 0 bridgehead atoms. The van der Waals surface area contributed by atoms with Gasteiger partial charge < -0.3 is 5.32 Å². The Hall–Kier alpha value is -0.960. The van der Waals surface area contributed by atoms with Gasteiger partial charge in [0, 0.05) is 0 Å². The van der Waals surface area contributed by atoms with Crippen LogP contribution in [-0.4, -0.2) is 13.1 Å². The summed E-state index contributed by atoms with van der Waals surface area (Å²) >= 11 is 0. The summed E-state index contributed by atoms with van der Waals surface area (Å²) in [5, 5.41) is 3.38. The number of benzene rings is 1. The van der Waals surface area contributed by atoms with E-state index in [-0.39, 0.29) is 11.6 Å². The zero-order valence-corrected chi connectivity index (χ0v) is 11.5. The monoisotopic (exact) mass is 255 g/mol. The molecule has 3 heteroatoms. The predicted molar refractivity (Wildman–Crippen MR) is 71.6 cm³/mol. The lowest BCUT2D eigenvalue weighted by atomic mass is 10.0. The molecule has 1 N–H and O–H groups in total. The molecule has 0 aliphatic carbocycles. The first kappa shape index (κ1) is 15.1. The molecule has 0 radical (unpaired) electrons. The Bertz CT molecular complexity index is 364. The maximum atomic E-state index is 13.4. The van der Waals surface area contributed by atoms with Crippen molar-refractivity contribution < 1.29 is 8.78 Å². The molecule has 1 aromatic carbocycles. The fourth-order valence-corrected chi connectivity index (χ4v) is 1.86. The van der Waals surface area contributed by atoms with Crippen LogP contribution in [0.15, 0.2) is 18.2 Å². The normalized spacial score (nSPS) is 13.0. The van der Waals surface area contributed by atoms with Crippen molar-refractivity contribution in [2.75, 3.05) is 13.1 Å². The van der Waals surface area contributed by atoms with Crippen LogP contribution >= 0.6 is 0 Å². The summed E-state index contributed by atoms with van der Waals surface area (Å²) in [6.45, 7) is 8.39. The molecule has 0 aliphatic rings. The van der Waals surface area contributed by atoms with Crippen molar-refractivity contribution in [1.29, 1.82) is 0 Å². The highest BCUT2D eigenvalue weighted by molar-refractivity contribution is 5.18. The molecule has 0 aliphatic heterocycles. The second-order valence-electron chi connectivity index (χ2n) is 5.43. The Kier molecular flexibility index (Phi) is 6.27. The van der Waals surface area contributed by atoms with E-state index in [2.05, 4.69) is 26.1 Å². The van der Waals surface area contributed by atoms with Crippen LogP contribution in [0.1, 0.15) is 32.8 Å². The summed E-state index contributed by atoms with van der Waals surface area (Å²) in [7, 11) is 0. The molecule has 102 valence electrons. The lowest BCUT2D eigenvalue weighted by Crippen LogP contribution is -2.25. The van der Waals surface area contributed by atoms with Gasteiger partial charge in [-0.3, -0.25) is 0 Å². The summed E-state index contributed by atoms with van der Waals surface area (Å²) in [5.74, 6) is 0.431. The summed E-state index contributed by atoms with van der Waals surface area (Å²) in [6.07, 6.45) is 1.46. The van der Waals surface area contributed by atoms with E-state index in [1.165, 1.54) is 12.1 Å². The molecule has 0 saturated heterocycles. The standard InChI is InChI=1S/C15H23F2N/c1-11(2)9-18-10-12(3)4-5-13-8-14(16)6-7-15(13)17/h6-8,11-12,18H,4-5,9-10H2,1-3H3. The molecule has 1 atom stereocenters. The van der Waals surface area contributed by atoms with Gasteiger partial charge >= 0.3 is 0 Å². The van der Waals surface area contributed by atoms with Crippen LogP contribution < -0.4 is 5.32 Å². The largest absolute Gasteiger partial charge is 0.316 e. The number of halogens is 2. The Labute approximate surface area is 109 Å². The minimum absolute atomic E-state index is 0.307. The predicted octanol–water partition coefficient (Wildman–Crippen LogP) is 3.78. The Morgan fingerprint density at radius 1 is 1.11 bits per heavy atom. The smallest absolute Gasteiger partial charge is 0.126 e. The highest BCUT2D eigenvalue weighted by atomic mass is 19.1. The number of hydrogen-bond donors (Lipinski definition) is 1. The molecule has 0 fully saturated rings. The van der Waals surface area contributed by atoms with Gasteiger partial charge in [-0.1, -0.05) is 20.8 Å². The summed E-state index contributed by atoms with van der Waals surface area (Å²) in [6, 6.07) is 3.66. The molecule has 0 saturated carbocycles. The molecule has 1 rings (SSSR count). The lowest BCUT2D eigenvalue weighted by molar-refractivity contribution is 0.450. The third-order valence-corrected chi connectivity index (χ3v) is 2.96. The average Bonchev–Trinajstić information content (AvgIpc) is 2.30. The van der Waals surface area contributed by atoms with Gasteiger partial charge in [-0.15, -0.1) is 0 Å². The van der Waals surface area contributed by atoms with Gasteiger partial charge in [0.1, 0.15) is 11.6 Å². The lowest BCUT2D eigenvalue weighted by Gasteiger charge is -2.14. The molecule has 18 heavy (non-hydrogen) atoms. The minimum Gasteiger partial charge on any atom is -0.316 e. The number of aryl methyl sites for hydroxylation is 1. The van der Waals surface area contributed by atoms with Gasteiger partial charge in [0.2, 0.25) is 0 Å². The second kappa shape index (κ2) is 7.47. The first-order valence-corrected chi connectivity index (χ1v) is 6.63. The molecule has 0 aromatic heterocycles. The van der Waals surface area contributed by atoms with Crippen molar-refractivity contribution in [2.24, 2.45) is 11.8 Å². The van der Waals surface area contributed by atoms with Crippen LogP contribution in [0.25, 0.3) is 0 Å². The van der Waals surface area contributed by atoms with Gasteiger partial charge in [0.15, 0.2) is 0 Å². The molecule has 1 aromatic rings. The van der Waals surface area contributed by atoms with Crippen molar-refractivity contribution in [3.05, 3.63) is 35.4 Å². The van der Waals surface area contributed by atoms with Gasteiger partial charge in [-0.2, -0.15) is 0 Å². The molecule has 1 unspecified atom stereocenters. The quantitative estimate of drug-likeness (QED) is 0.782.